The highest BCUT2D eigenvalue weighted by atomic mass is 32.2. The summed E-state index contributed by atoms with van der Waals surface area (Å²) >= 11 is 0. The van der Waals surface area contributed by atoms with E-state index in [1.54, 1.807) is 30.5 Å². The molecule has 3 aromatic rings. The van der Waals surface area contributed by atoms with E-state index >= 15 is 0 Å². The Balaban J connectivity index is 1.36. The summed E-state index contributed by atoms with van der Waals surface area (Å²) in [5.74, 6) is 0.0862. The van der Waals surface area contributed by atoms with E-state index in [1.165, 1.54) is 18.2 Å². The first kappa shape index (κ1) is 23.1. The van der Waals surface area contributed by atoms with Crippen LogP contribution in [0, 0.1) is 17.7 Å². The number of amides is 1. The molecular formula is C24H27FN4O3S. The fraction of sp³-hybridized carbons (Fsp3) is 0.333. The van der Waals surface area contributed by atoms with Gasteiger partial charge in [-0.05, 0) is 91.6 Å². The van der Waals surface area contributed by atoms with E-state index in [4.69, 9.17) is 5.14 Å². The molecule has 1 fully saturated rings. The Morgan fingerprint density at radius 2 is 1.73 bits per heavy atom. The number of nitrogens with two attached hydrogens (primary N) is 1. The molecule has 1 saturated carbocycles. The average molecular weight is 471 g/mol. The fourth-order valence-electron chi connectivity index (χ4n) is 4.68. The van der Waals surface area contributed by atoms with E-state index in [1.807, 2.05) is 13.0 Å². The Labute approximate surface area is 192 Å². The number of hydrogen-bond donors (Lipinski definition) is 3. The maximum Gasteiger partial charge on any atom is 0.296 e. The lowest BCUT2D eigenvalue weighted by Gasteiger charge is -2.32. The van der Waals surface area contributed by atoms with Crippen LogP contribution in [0.15, 0.2) is 54.7 Å². The molecule has 2 aromatic carbocycles. The zero-order valence-corrected chi connectivity index (χ0v) is 19.1. The third-order valence-electron chi connectivity index (χ3n) is 6.48. The van der Waals surface area contributed by atoms with Gasteiger partial charge in [0, 0.05) is 28.9 Å². The van der Waals surface area contributed by atoms with Gasteiger partial charge in [0.1, 0.15) is 5.82 Å². The normalized spacial score (nSPS) is 19.7. The number of aromatic nitrogens is 1. The van der Waals surface area contributed by atoms with Crippen molar-refractivity contribution in [2.75, 3.05) is 10.0 Å². The molecular weight excluding hydrogens is 443 g/mol. The van der Waals surface area contributed by atoms with Crippen molar-refractivity contribution in [2.24, 2.45) is 17.0 Å². The number of carbonyl (C=O) groups excluding carboxylic acids is 1. The lowest BCUT2D eigenvalue weighted by molar-refractivity contribution is -0.121. The molecule has 9 heteroatoms. The van der Waals surface area contributed by atoms with Crippen molar-refractivity contribution in [3.05, 3.63) is 66.1 Å². The first-order chi connectivity index (χ1) is 15.7. The zero-order valence-electron chi connectivity index (χ0n) is 18.3. The topological polar surface area (TPSA) is 114 Å². The molecule has 33 heavy (non-hydrogen) atoms. The fourth-order valence-corrected chi connectivity index (χ4v) is 5.15. The van der Waals surface area contributed by atoms with Crippen LogP contribution in [0.2, 0.25) is 0 Å². The van der Waals surface area contributed by atoms with Crippen LogP contribution in [0.3, 0.4) is 0 Å². The lowest BCUT2D eigenvalue weighted by Crippen LogP contribution is -2.29. The number of pyridine rings is 1. The van der Waals surface area contributed by atoms with Crippen LogP contribution in [0.5, 0.6) is 0 Å². The minimum Gasteiger partial charge on any atom is -0.326 e. The van der Waals surface area contributed by atoms with E-state index < -0.39 is 10.2 Å². The largest absolute Gasteiger partial charge is 0.326 e. The quantitative estimate of drug-likeness (QED) is 0.491. The summed E-state index contributed by atoms with van der Waals surface area (Å²) in [6.07, 6.45) is 5.48. The van der Waals surface area contributed by atoms with Gasteiger partial charge in [-0.25, -0.2) is 9.53 Å². The number of rotatable bonds is 6. The zero-order chi connectivity index (χ0) is 23.6. The van der Waals surface area contributed by atoms with Gasteiger partial charge in [0.15, 0.2) is 0 Å². The number of nitrogens with one attached hydrogen (secondary N) is 2. The Morgan fingerprint density at radius 3 is 2.39 bits per heavy atom. The molecule has 0 aliphatic heterocycles. The van der Waals surface area contributed by atoms with Crippen LogP contribution in [0.25, 0.3) is 10.9 Å². The van der Waals surface area contributed by atoms with Crippen LogP contribution in [0.1, 0.15) is 44.1 Å². The first-order valence-corrected chi connectivity index (χ1v) is 12.5. The molecule has 0 unspecified atom stereocenters. The highest BCUT2D eigenvalue weighted by molar-refractivity contribution is 7.90. The second-order valence-electron chi connectivity index (χ2n) is 8.68. The van der Waals surface area contributed by atoms with E-state index in [2.05, 4.69) is 15.0 Å². The Bertz CT molecular complexity index is 1260. The smallest absolute Gasteiger partial charge is 0.296 e. The summed E-state index contributed by atoms with van der Waals surface area (Å²) in [6, 6.07) is 13.0. The molecule has 1 aliphatic carbocycles. The monoisotopic (exact) mass is 470 g/mol. The molecule has 0 saturated heterocycles. The summed E-state index contributed by atoms with van der Waals surface area (Å²) in [5.41, 5.74) is 2.84. The van der Waals surface area contributed by atoms with Gasteiger partial charge in [-0.2, -0.15) is 8.42 Å². The van der Waals surface area contributed by atoms with E-state index in [0.717, 1.165) is 42.1 Å². The number of anilines is 2. The standard InChI is InChI=1S/C24H27FN4O3S/c1-15(24(30)28-19-7-9-20(10-8-19)29-33(26,31)32)16-2-4-17(5-3-16)21-12-13-27-23-11-6-18(25)14-22(21)23/h6-17,29H,2-5H2,1H3,(H,28,30)(H2,26,31,32)/t15-,16-,17+/m0/s1. The van der Waals surface area contributed by atoms with E-state index in [-0.39, 0.29) is 23.6 Å². The molecule has 0 bridgehead atoms. The number of carbonyl (C=O) groups is 1. The molecule has 1 amide bonds. The van der Waals surface area contributed by atoms with Crippen molar-refractivity contribution in [3.63, 3.8) is 0 Å². The van der Waals surface area contributed by atoms with Gasteiger partial charge in [-0.3, -0.25) is 14.5 Å². The molecule has 174 valence electrons. The van der Waals surface area contributed by atoms with Crippen molar-refractivity contribution in [1.29, 1.82) is 0 Å². The van der Waals surface area contributed by atoms with Crippen LogP contribution in [-0.4, -0.2) is 19.3 Å². The summed E-state index contributed by atoms with van der Waals surface area (Å²) in [6.45, 7) is 1.94. The lowest BCUT2D eigenvalue weighted by atomic mass is 9.73. The molecule has 0 radical (unpaired) electrons. The molecule has 1 heterocycles. The highest BCUT2D eigenvalue weighted by Gasteiger charge is 2.30. The van der Waals surface area contributed by atoms with Gasteiger partial charge >= 0.3 is 0 Å². The Hall–Kier alpha value is -3.04. The van der Waals surface area contributed by atoms with Crippen LogP contribution in [-0.2, 0) is 15.0 Å². The molecule has 1 atom stereocenters. The predicted octanol–water partition coefficient (Wildman–Crippen LogP) is 4.54. The highest BCUT2D eigenvalue weighted by Crippen LogP contribution is 2.41. The second kappa shape index (κ2) is 9.44. The second-order valence-corrected chi connectivity index (χ2v) is 9.97. The van der Waals surface area contributed by atoms with E-state index in [9.17, 15) is 17.6 Å². The van der Waals surface area contributed by atoms with Crippen molar-refractivity contribution in [1.82, 2.24) is 4.98 Å². The summed E-state index contributed by atoms with van der Waals surface area (Å²) in [7, 11) is -3.84. The minimum absolute atomic E-state index is 0.0676. The Morgan fingerprint density at radius 1 is 1.06 bits per heavy atom. The third-order valence-corrected chi connectivity index (χ3v) is 7.00. The number of halogens is 1. The SMILES string of the molecule is C[C@H](C(=O)Nc1ccc(NS(N)(=O)=O)cc1)[C@H]1CC[C@@H](c2ccnc3ccc(F)cc32)CC1. The van der Waals surface area contributed by atoms with Gasteiger partial charge in [0.2, 0.25) is 5.91 Å². The van der Waals surface area contributed by atoms with Crippen molar-refractivity contribution in [3.8, 4) is 0 Å². The van der Waals surface area contributed by atoms with Crippen molar-refractivity contribution < 1.29 is 17.6 Å². The van der Waals surface area contributed by atoms with Gasteiger partial charge in [-0.1, -0.05) is 6.92 Å². The minimum atomic E-state index is -3.84. The summed E-state index contributed by atoms with van der Waals surface area (Å²) in [4.78, 5) is 17.1. The van der Waals surface area contributed by atoms with Crippen molar-refractivity contribution >= 4 is 38.4 Å². The molecule has 1 aromatic heterocycles. The van der Waals surface area contributed by atoms with Gasteiger partial charge < -0.3 is 5.32 Å². The number of benzene rings is 2. The summed E-state index contributed by atoms with van der Waals surface area (Å²) < 4.78 is 38.2. The average Bonchev–Trinajstić information content (AvgIpc) is 2.78. The molecule has 7 nitrogen and oxygen atoms in total. The van der Waals surface area contributed by atoms with Crippen LogP contribution >= 0.6 is 0 Å². The maximum atomic E-state index is 13.8. The van der Waals surface area contributed by atoms with Gasteiger partial charge in [0.05, 0.1) is 5.52 Å². The summed E-state index contributed by atoms with van der Waals surface area (Å²) in [5, 5.41) is 8.73. The maximum absolute atomic E-state index is 13.8. The van der Waals surface area contributed by atoms with Crippen LogP contribution in [0.4, 0.5) is 15.8 Å². The number of nitrogens with zero attached hydrogens (tertiary/aromatic N) is 1. The first-order valence-electron chi connectivity index (χ1n) is 11.0. The number of fused-ring (bicyclic) bond motifs is 1. The van der Waals surface area contributed by atoms with Gasteiger partial charge in [0.25, 0.3) is 10.2 Å². The Kier molecular flexibility index (Phi) is 6.62. The predicted molar refractivity (Wildman–Crippen MR) is 127 cm³/mol. The third kappa shape index (κ3) is 5.66. The number of hydrogen-bond acceptors (Lipinski definition) is 4. The molecule has 4 rings (SSSR count). The molecule has 0 spiro atoms. The van der Waals surface area contributed by atoms with Gasteiger partial charge in [-0.15, -0.1) is 0 Å². The molecule has 4 N–H and O–H groups in total. The van der Waals surface area contributed by atoms with Crippen LogP contribution < -0.4 is 15.2 Å². The van der Waals surface area contributed by atoms with E-state index in [0.29, 0.717) is 17.3 Å². The van der Waals surface area contributed by atoms with Crippen molar-refractivity contribution in [2.45, 2.75) is 38.5 Å². The molecule has 1 aliphatic rings.